The van der Waals surface area contributed by atoms with E-state index >= 15 is 0 Å². The molecule has 0 spiro atoms. The van der Waals surface area contributed by atoms with Crippen LogP contribution >= 0.6 is 0 Å². The van der Waals surface area contributed by atoms with E-state index in [4.69, 9.17) is 10.4 Å². The molecule has 0 radical (unpaired) electrons. The number of carbonyl (C=O) groups excluding carboxylic acids is 2. The summed E-state index contributed by atoms with van der Waals surface area (Å²) in [7, 11) is 5.15. The Morgan fingerprint density at radius 2 is 2.11 bits per heavy atom. The van der Waals surface area contributed by atoms with Crippen LogP contribution in [-0.4, -0.2) is 54.5 Å². The van der Waals surface area contributed by atoms with Gasteiger partial charge in [-0.2, -0.15) is 0 Å². The Bertz CT molecular complexity index is 429. The van der Waals surface area contributed by atoms with Crippen LogP contribution in [0.1, 0.15) is 16.2 Å². The van der Waals surface area contributed by atoms with Gasteiger partial charge >= 0.3 is 0 Å². The second kappa shape index (κ2) is 6.12. The molecule has 0 saturated heterocycles. The van der Waals surface area contributed by atoms with E-state index in [9.17, 15) is 9.59 Å². The maximum atomic E-state index is 11.5. The van der Waals surface area contributed by atoms with E-state index in [-0.39, 0.29) is 18.1 Å². The van der Waals surface area contributed by atoms with E-state index in [0.29, 0.717) is 12.3 Å². The van der Waals surface area contributed by atoms with Crippen molar-refractivity contribution in [2.45, 2.75) is 6.54 Å². The van der Waals surface area contributed by atoms with E-state index in [1.54, 1.807) is 26.0 Å². The normalized spacial score (nSPS) is 10.5. The summed E-state index contributed by atoms with van der Waals surface area (Å²) in [6.07, 6.45) is 0. The van der Waals surface area contributed by atoms with Crippen molar-refractivity contribution in [1.29, 1.82) is 0 Å². The second-order valence-corrected chi connectivity index (χ2v) is 4.11. The molecule has 0 unspecified atom stereocenters. The molecule has 0 fully saturated rings. The van der Waals surface area contributed by atoms with Crippen LogP contribution in [-0.2, 0) is 11.3 Å². The molecule has 0 bridgehead atoms. The highest BCUT2D eigenvalue weighted by Crippen LogP contribution is 2.06. The Hall–Kier alpha value is -1.93. The molecule has 0 aliphatic rings. The lowest BCUT2D eigenvalue weighted by Gasteiger charge is -2.17. The number of hydrogen-bond donors (Lipinski definition) is 2. The van der Waals surface area contributed by atoms with Crippen molar-refractivity contribution in [1.82, 2.24) is 20.4 Å². The summed E-state index contributed by atoms with van der Waals surface area (Å²) in [6.45, 7) is 0.635. The van der Waals surface area contributed by atoms with Gasteiger partial charge in [-0.1, -0.05) is 5.16 Å². The summed E-state index contributed by atoms with van der Waals surface area (Å²) in [6, 6.07) is 1.48. The fraction of sp³-hybridized carbons (Fsp3) is 0.500. The molecule has 0 aliphatic heterocycles. The number of hydrogen-bond acceptors (Lipinski definition) is 6. The van der Waals surface area contributed by atoms with E-state index in [2.05, 4.69) is 5.16 Å². The quantitative estimate of drug-likeness (QED) is 0.389. The number of amides is 2. The van der Waals surface area contributed by atoms with Gasteiger partial charge in [0.1, 0.15) is 0 Å². The number of hydrazine groups is 1. The van der Waals surface area contributed by atoms with Crippen LogP contribution in [0.15, 0.2) is 10.6 Å². The zero-order chi connectivity index (χ0) is 13.7. The fourth-order valence-electron chi connectivity index (χ4n) is 1.26. The molecular formula is C10H17N5O3. The van der Waals surface area contributed by atoms with Gasteiger partial charge in [-0.05, 0) is 7.05 Å². The van der Waals surface area contributed by atoms with E-state index in [1.807, 2.05) is 5.43 Å². The number of nitrogen functional groups attached to an aromatic ring is 1. The third kappa shape index (κ3) is 3.82. The first-order chi connectivity index (χ1) is 8.43. The van der Waals surface area contributed by atoms with Crippen LogP contribution in [0.2, 0.25) is 0 Å². The monoisotopic (exact) mass is 255 g/mol. The zero-order valence-electron chi connectivity index (χ0n) is 10.6. The van der Waals surface area contributed by atoms with Crippen LogP contribution in [0.5, 0.6) is 0 Å². The largest absolute Gasteiger partial charge is 0.359 e. The smallest absolute Gasteiger partial charge is 0.287 e. The van der Waals surface area contributed by atoms with Crippen LogP contribution in [0.3, 0.4) is 0 Å². The fourth-order valence-corrected chi connectivity index (χ4v) is 1.26. The van der Waals surface area contributed by atoms with Crippen LogP contribution in [0.4, 0.5) is 0 Å². The standard InChI is InChI=1S/C10H17N5O3/c1-14(2)9(16)6-15(3)5-7-4-8(13-18-7)10(17)12-11/h4H,5-6,11H2,1-3H3,(H,12,17). The average molecular weight is 255 g/mol. The molecule has 0 aromatic carbocycles. The van der Waals surface area contributed by atoms with Crippen molar-refractivity contribution >= 4 is 11.8 Å². The number of carbonyl (C=O) groups is 2. The number of nitrogens with one attached hydrogen (secondary N) is 1. The molecule has 0 atom stereocenters. The maximum Gasteiger partial charge on any atom is 0.287 e. The summed E-state index contributed by atoms with van der Waals surface area (Å²) in [5.74, 6) is 4.93. The van der Waals surface area contributed by atoms with Crippen molar-refractivity contribution in [2.75, 3.05) is 27.7 Å². The second-order valence-electron chi connectivity index (χ2n) is 4.11. The van der Waals surface area contributed by atoms with Crippen molar-refractivity contribution in [3.05, 3.63) is 17.5 Å². The Labute approximate surface area is 105 Å². The van der Waals surface area contributed by atoms with Gasteiger partial charge in [0.05, 0.1) is 13.1 Å². The Morgan fingerprint density at radius 1 is 1.44 bits per heavy atom. The van der Waals surface area contributed by atoms with Crippen LogP contribution < -0.4 is 11.3 Å². The summed E-state index contributed by atoms with van der Waals surface area (Å²) < 4.78 is 4.97. The van der Waals surface area contributed by atoms with Crippen molar-refractivity contribution in [2.24, 2.45) is 5.84 Å². The summed E-state index contributed by atoms with van der Waals surface area (Å²) in [4.78, 5) is 25.9. The highest BCUT2D eigenvalue weighted by Gasteiger charge is 2.14. The molecule has 0 aliphatic carbocycles. The first-order valence-corrected chi connectivity index (χ1v) is 5.29. The van der Waals surface area contributed by atoms with Crippen LogP contribution in [0, 0.1) is 0 Å². The van der Waals surface area contributed by atoms with E-state index < -0.39 is 5.91 Å². The lowest BCUT2D eigenvalue weighted by atomic mass is 10.3. The third-order valence-electron chi connectivity index (χ3n) is 2.25. The van der Waals surface area contributed by atoms with E-state index in [1.165, 1.54) is 11.0 Å². The number of nitrogens with two attached hydrogens (primary N) is 1. The maximum absolute atomic E-state index is 11.5. The molecule has 18 heavy (non-hydrogen) atoms. The minimum atomic E-state index is -0.517. The predicted octanol–water partition coefficient (Wildman–Crippen LogP) is -1.20. The number of rotatable bonds is 5. The summed E-state index contributed by atoms with van der Waals surface area (Å²) in [5.41, 5.74) is 2.07. The van der Waals surface area contributed by atoms with Gasteiger partial charge in [0.15, 0.2) is 11.5 Å². The lowest BCUT2D eigenvalue weighted by Crippen LogP contribution is -2.34. The molecule has 8 heteroatoms. The minimum Gasteiger partial charge on any atom is -0.359 e. The number of aromatic nitrogens is 1. The number of likely N-dealkylation sites (N-methyl/N-ethyl adjacent to an activating group) is 2. The van der Waals surface area contributed by atoms with Gasteiger partial charge in [0, 0.05) is 20.2 Å². The van der Waals surface area contributed by atoms with Gasteiger partial charge < -0.3 is 9.42 Å². The summed E-state index contributed by atoms with van der Waals surface area (Å²) >= 11 is 0. The van der Waals surface area contributed by atoms with Gasteiger partial charge in [-0.15, -0.1) is 0 Å². The molecule has 8 nitrogen and oxygen atoms in total. The first kappa shape index (κ1) is 14.1. The Morgan fingerprint density at radius 3 is 2.67 bits per heavy atom. The van der Waals surface area contributed by atoms with Gasteiger partial charge in [0.25, 0.3) is 5.91 Å². The van der Waals surface area contributed by atoms with Crippen molar-refractivity contribution < 1.29 is 14.1 Å². The van der Waals surface area contributed by atoms with Gasteiger partial charge in [0.2, 0.25) is 5.91 Å². The average Bonchev–Trinajstić information content (AvgIpc) is 2.76. The summed E-state index contributed by atoms with van der Waals surface area (Å²) in [5, 5.41) is 3.57. The molecule has 1 aromatic rings. The number of nitrogens with zero attached hydrogens (tertiary/aromatic N) is 3. The topological polar surface area (TPSA) is 105 Å². The van der Waals surface area contributed by atoms with Crippen molar-refractivity contribution in [3.63, 3.8) is 0 Å². The third-order valence-corrected chi connectivity index (χ3v) is 2.25. The molecule has 2 amide bonds. The molecular weight excluding hydrogens is 238 g/mol. The first-order valence-electron chi connectivity index (χ1n) is 5.29. The Kier molecular flexibility index (Phi) is 4.81. The molecule has 3 N–H and O–H groups in total. The van der Waals surface area contributed by atoms with Gasteiger partial charge in [-0.3, -0.25) is 19.9 Å². The zero-order valence-corrected chi connectivity index (χ0v) is 10.6. The SMILES string of the molecule is CN(CC(=O)N(C)C)Cc1cc(C(=O)NN)no1. The molecule has 1 aromatic heterocycles. The molecule has 0 saturated carbocycles. The minimum absolute atomic E-state index is 0.0167. The van der Waals surface area contributed by atoms with Crippen molar-refractivity contribution in [3.8, 4) is 0 Å². The predicted molar refractivity (Wildman–Crippen MR) is 63.2 cm³/mol. The van der Waals surface area contributed by atoms with Gasteiger partial charge in [-0.25, -0.2) is 5.84 Å². The molecule has 1 heterocycles. The van der Waals surface area contributed by atoms with Crippen LogP contribution in [0.25, 0.3) is 0 Å². The highest BCUT2D eigenvalue weighted by molar-refractivity contribution is 5.91. The highest BCUT2D eigenvalue weighted by atomic mass is 16.5. The molecule has 100 valence electrons. The molecule has 1 rings (SSSR count). The van der Waals surface area contributed by atoms with E-state index in [0.717, 1.165) is 0 Å². The Balaban J connectivity index is 2.54. The lowest BCUT2D eigenvalue weighted by molar-refractivity contribution is -0.129.